The molecule has 0 amide bonds. The van der Waals surface area contributed by atoms with E-state index in [-0.39, 0.29) is 16.9 Å². The molecule has 0 bridgehead atoms. The Kier molecular flexibility index (Phi) is 3.74. The highest BCUT2D eigenvalue weighted by Gasteiger charge is 2.43. The average molecular weight is 305 g/mol. The fourth-order valence-corrected chi connectivity index (χ4v) is 5.13. The fourth-order valence-electron chi connectivity index (χ4n) is 3.55. The van der Waals surface area contributed by atoms with Gasteiger partial charge in [0.1, 0.15) is 0 Å². The summed E-state index contributed by atoms with van der Waals surface area (Å²) in [5.74, 6) is 0.648. The summed E-state index contributed by atoms with van der Waals surface area (Å²) >= 11 is 0. The van der Waals surface area contributed by atoms with Gasteiger partial charge in [-0.2, -0.15) is 9.57 Å². The topological polar surface area (TPSA) is 87.2 Å². The minimum atomic E-state index is -3.53. The lowest BCUT2D eigenvalue weighted by atomic mass is 9.78. The van der Waals surface area contributed by atoms with Crippen molar-refractivity contribution in [3.8, 4) is 6.07 Å². The van der Waals surface area contributed by atoms with Gasteiger partial charge in [0.15, 0.2) is 0 Å². The van der Waals surface area contributed by atoms with Gasteiger partial charge < -0.3 is 5.73 Å². The molecule has 2 fully saturated rings. The van der Waals surface area contributed by atoms with E-state index in [4.69, 9.17) is 11.0 Å². The molecule has 1 saturated heterocycles. The zero-order chi connectivity index (χ0) is 15.0. The molecular formula is C15H19N3O2S. The Balaban J connectivity index is 1.88. The second-order valence-electron chi connectivity index (χ2n) is 5.98. The maximum Gasteiger partial charge on any atom is 0.243 e. The first-order chi connectivity index (χ1) is 10.0. The van der Waals surface area contributed by atoms with E-state index < -0.39 is 10.0 Å². The standard InChI is InChI=1S/C15H19N3O2S/c16-8-11-3-1-5-13(7-11)21(19,20)18-9-12-4-2-6-15(17)14(12)10-18/h1,3,5,7,12,14-15H,2,4,6,9-10,17H2. The van der Waals surface area contributed by atoms with Crippen molar-refractivity contribution in [3.05, 3.63) is 29.8 Å². The smallest absolute Gasteiger partial charge is 0.243 e. The van der Waals surface area contributed by atoms with Crippen LogP contribution in [0.15, 0.2) is 29.2 Å². The van der Waals surface area contributed by atoms with Gasteiger partial charge in [-0.3, -0.25) is 0 Å². The predicted molar refractivity (Wildman–Crippen MR) is 78.7 cm³/mol. The normalized spacial score (nSPS) is 29.8. The molecule has 0 radical (unpaired) electrons. The highest BCUT2D eigenvalue weighted by Crippen LogP contribution is 2.37. The van der Waals surface area contributed by atoms with Crippen LogP contribution in [-0.2, 0) is 10.0 Å². The molecule has 1 aromatic carbocycles. The first-order valence-electron chi connectivity index (χ1n) is 7.28. The number of benzene rings is 1. The average Bonchev–Trinajstić information content (AvgIpc) is 2.94. The zero-order valence-corrected chi connectivity index (χ0v) is 12.6. The lowest BCUT2D eigenvalue weighted by molar-refractivity contribution is 0.260. The summed E-state index contributed by atoms with van der Waals surface area (Å²) in [6.45, 7) is 1.06. The van der Waals surface area contributed by atoms with Gasteiger partial charge in [-0.25, -0.2) is 8.42 Å². The number of rotatable bonds is 2. The maximum atomic E-state index is 12.7. The number of sulfonamides is 1. The van der Waals surface area contributed by atoms with Crippen molar-refractivity contribution in [2.24, 2.45) is 17.6 Å². The van der Waals surface area contributed by atoms with Crippen molar-refractivity contribution in [3.63, 3.8) is 0 Å². The minimum absolute atomic E-state index is 0.106. The van der Waals surface area contributed by atoms with Crippen molar-refractivity contribution >= 4 is 10.0 Å². The molecular weight excluding hydrogens is 286 g/mol. The van der Waals surface area contributed by atoms with Crippen molar-refractivity contribution < 1.29 is 8.42 Å². The van der Waals surface area contributed by atoms with E-state index >= 15 is 0 Å². The molecule has 0 spiro atoms. The van der Waals surface area contributed by atoms with Crippen LogP contribution in [0.1, 0.15) is 24.8 Å². The van der Waals surface area contributed by atoms with Crippen LogP contribution >= 0.6 is 0 Å². The third-order valence-electron chi connectivity index (χ3n) is 4.72. The van der Waals surface area contributed by atoms with Gasteiger partial charge in [0.25, 0.3) is 0 Å². The number of hydrogen-bond donors (Lipinski definition) is 1. The van der Waals surface area contributed by atoms with E-state index in [2.05, 4.69) is 0 Å². The van der Waals surface area contributed by atoms with Crippen LogP contribution in [0.5, 0.6) is 0 Å². The SMILES string of the molecule is N#Cc1cccc(S(=O)(=O)N2CC3CCCC(N)C3C2)c1. The number of nitrogens with two attached hydrogens (primary N) is 1. The number of nitriles is 1. The van der Waals surface area contributed by atoms with Gasteiger partial charge >= 0.3 is 0 Å². The molecule has 1 heterocycles. The molecule has 2 N–H and O–H groups in total. The summed E-state index contributed by atoms with van der Waals surface area (Å²) in [6, 6.07) is 8.31. The minimum Gasteiger partial charge on any atom is -0.327 e. The van der Waals surface area contributed by atoms with Gasteiger partial charge in [-0.15, -0.1) is 0 Å². The Morgan fingerprint density at radius 1 is 1.29 bits per heavy atom. The van der Waals surface area contributed by atoms with E-state index in [1.54, 1.807) is 22.5 Å². The van der Waals surface area contributed by atoms with Gasteiger partial charge in [-0.05, 0) is 42.9 Å². The number of nitrogens with zero attached hydrogens (tertiary/aromatic N) is 2. The molecule has 3 rings (SSSR count). The molecule has 1 aromatic rings. The summed E-state index contributed by atoms with van der Waals surface area (Å²) in [5, 5.41) is 8.92. The van der Waals surface area contributed by atoms with E-state index in [9.17, 15) is 8.42 Å². The third kappa shape index (κ3) is 2.57. The van der Waals surface area contributed by atoms with Crippen LogP contribution in [0.4, 0.5) is 0 Å². The van der Waals surface area contributed by atoms with E-state index in [0.717, 1.165) is 19.3 Å². The summed E-state index contributed by atoms with van der Waals surface area (Å²) in [5.41, 5.74) is 6.51. The van der Waals surface area contributed by atoms with Gasteiger partial charge in [0.2, 0.25) is 10.0 Å². The Bertz CT molecular complexity index is 680. The molecule has 3 atom stereocenters. The number of hydrogen-bond acceptors (Lipinski definition) is 4. The van der Waals surface area contributed by atoms with Gasteiger partial charge in [0, 0.05) is 19.1 Å². The van der Waals surface area contributed by atoms with Crippen molar-refractivity contribution in [2.75, 3.05) is 13.1 Å². The molecule has 1 aliphatic carbocycles. The Hall–Kier alpha value is -1.42. The lowest BCUT2D eigenvalue weighted by Gasteiger charge is -2.29. The molecule has 1 aliphatic heterocycles. The predicted octanol–water partition coefficient (Wildman–Crippen LogP) is 1.31. The van der Waals surface area contributed by atoms with Crippen LogP contribution in [0.2, 0.25) is 0 Å². The maximum absolute atomic E-state index is 12.7. The van der Waals surface area contributed by atoms with E-state index in [1.165, 1.54) is 6.07 Å². The molecule has 1 saturated carbocycles. The zero-order valence-electron chi connectivity index (χ0n) is 11.8. The lowest BCUT2D eigenvalue weighted by Crippen LogP contribution is -2.38. The second-order valence-corrected chi connectivity index (χ2v) is 7.92. The van der Waals surface area contributed by atoms with Gasteiger partial charge in [-0.1, -0.05) is 12.5 Å². The van der Waals surface area contributed by atoms with Crippen molar-refractivity contribution in [2.45, 2.75) is 30.2 Å². The fraction of sp³-hybridized carbons (Fsp3) is 0.533. The van der Waals surface area contributed by atoms with Crippen molar-refractivity contribution in [1.82, 2.24) is 4.31 Å². The largest absolute Gasteiger partial charge is 0.327 e. The highest BCUT2D eigenvalue weighted by atomic mass is 32.2. The van der Waals surface area contributed by atoms with Crippen LogP contribution in [0, 0.1) is 23.2 Å². The van der Waals surface area contributed by atoms with Crippen LogP contribution in [0.25, 0.3) is 0 Å². The summed E-state index contributed by atoms with van der Waals surface area (Å²) in [6.07, 6.45) is 3.13. The molecule has 21 heavy (non-hydrogen) atoms. The molecule has 112 valence electrons. The highest BCUT2D eigenvalue weighted by molar-refractivity contribution is 7.89. The summed E-state index contributed by atoms with van der Waals surface area (Å²) in [4.78, 5) is 0.203. The number of fused-ring (bicyclic) bond motifs is 1. The molecule has 3 unspecified atom stereocenters. The second kappa shape index (κ2) is 5.41. The Labute approximate surface area is 125 Å². The Morgan fingerprint density at radius 3 is 2.81 bits per heavy atom. The Morgan fingerprint density at radius 2 is 2.10 bits per heavy atom. The first-order valence-corrected chi connectivity index (χ1v) is 8.72. The van der Waals surface area contributed by atoms with E-state index in [1.807, 2.05) is 6.07 Å². The van der Waals surface area contributed by atoms with Crippen LogP contribution in [-0.4, -0.2) is 31.9 Å². The monoisotopic (exact) mass is 305 g/mol. The van der Waals surface area contributed by atoms with Crippen molar-refractivity contribution in [1.29, 1.82) is 5.26 Å². The molecule has 0 aromatic heterocycles. The van der Waals surface area contributed by atoms with Crippen LogP contribution < -0.4 is 5.73 Å². The summed E-state index contributed by atoms with van der Waals surface area (Å²) < 4.78 is 27.0. The third-order valence-corrected chi connectivity index (χ3v) is 6.55. The van der Waals surface area contributed by atoms with Crippen LogP contribution in [0.3, 0.4) is 0 Å². The molecule has 6 heteroatoms. The van der Waals surface area contributed by atoms with E-state index in [0.29, 0.717) is 24.6 Å². The first kappa shape index (κ1) is 14.5. The van der Waals surface area contributed by atoms with Gasteiger partial charge in [0.05, 0.1) is 16.5 Å². The quantitative estimate of drug-likeness (QED) is 0.892. The molecule has 2 aliphatic rings. The summed E-state index contributed by atoms with van der Waals surface area (Å²) in [7, 11) is -3.53. The molecule has 5 nitrogen and oxygen atoms in total.